The Morgan fingerprint density at radius 1 is 0.600 bits per heavy atom. The van der Waals surface area contributed by atoms with Gasteiger partial charge in [0.25, 0.3) is 0 Å². The second-order valence-corrected chi connectivity index (χ2v) is 12.2. The summed E-state index contributed by atoms with van der Waals surface area (Å²) < 4.78 is 0.555. The monoisotopic (exact) mass is 567 g/mol. The van der Waals surface area contributed by atoms with Gasteiger partial charge in [0.1, 0.15) is 0 Å². The third kappa shape index (κ3) is 20.1. The van der Waals surface area contributed by atoms with Crippen LogP contribution in [0.25, 0.3) is 0 Å². The normalized spacial score (nSPS) is 15.5. The number of carboxylic acids is 3. The molecule has 0 bridgehead atoms. The largest absolute Gasteiger partial charge is 0.550 e. The van der Waals surface area contributed by atoms with Gasteiger partial charge in [-0.2, -0.15) is 0 Å². The number of aliphatic carboxylic acids is 3. The van der Waals surface area contributed by atoms with Crippen molar-refractivity contribution in [2.75, 3.05) is 26.2 Å². The van der Waals surface area contributed by atoms with E-state index in [1.165, 1.54) is 70.6 Å². The second kappa shape index (κ2) is 23.8. The number of carbonyl (C=O) groups is 3. The molecule has 0 aliphatic carbocycles. The van der Waals surface area contributed by atoms with Crippen molar-refractivity contribution < 1.29 is 34.2 Å². The Hall–Kier alpha value is -1.89. The molecule has 40 heavy (non-hydrogen) atoms. The van der Waals surface area contributed by atoms with E-state index in [1.54, 1.807) is 20.8 Å². The van der Waals surface area contributed by atoms with Gasteiger partial charge in [-0.25, -0.2) is 0 Å². The third-order valence-corrected chi connectivity index (χ3v) is 8.50. The minimum absolute atomic E-state index is 0.430. The van der Waals surface area contributed by atoms with Crippen LogP contribution in [0.5, 0.6) is 0 Å². The Bertz CT molecular complexity index is 647. The number of unbranched alkanes of at least 4 members (excludes halogenated alkanes) is 12. The Balaban J connectivity index is 4.71. The number of allylic oxidation sites excluding steroid dienone is 2. The summed E-state index contributed by atoms with van der Waals surface area (Å²) in [4.78, 5) is 34.3. The summed E-state index contributed by atoms with van der Waals surface area (Å²) in [6.45, 7) is 9.84. The van der Waals surface area contributed by atoms with E-state index in [2.05, 4.69) is 19.1 Å². The Morgan fingerprint density at radius 2 is 0.975 bits per heavy atom. The molecule has 0 aliphatic rings. The highest BCUT2D eigenvalue weighted by molar-refractivity contribution is 5.69. The third-order valence-electron chi connectivity index (χ3n) is 8.50. The van der Waals surface area contributed by atoms with Crippen LogP contribution < -0.4 is 5.11 Å². The molecule has 0 aliphatic heterocycles. The molecule has 0 saturated heterocycles. The fourth-order valence-electron chi connectivity index (χ4n) is 5.14. The van der Waals surface area contributed by atoms with Gasteiger partial charge in [-0.05, 0) is 19.3 Å². The number of hydrogen-bond donors (Lipinski definition) is 2. The molecule has 0 spiro atoms. The van der Waals surface area contributed by atoms with Crippen LogP contribution in [-0.2, 0) is 14.4 Å². The molecule has 3 unspecified atom stereocenters. The molecule has 7 heteroatoms. The lowest BCUT2D eigenvalue weighted by Gasteiger charge is -2.41. The number of quaternary nitrogens is 1. The predicted octanol–water partition coefficient (Wildman–Crippen LogP) is 6.84. The van der Waals surface area contributed by atoms with Crippen molar-refractivity contribution in [3.05, 3.63) is 12.2 Å². The molecule has 2 N–H and O–H groups in total. The van der Waals surface area contributed by atoms with Gasteiger partial charge in [0.15, 0.2) is 0 Å². The van der Waals surface area contributed by atoms with E-state index < -0.39 is 35.7 Å². The van der Waals surface area contributed by atoms with Crippen molar-refractivity contribution in [1.29, 1.82) is 0 Å². The quantitative estimate of drug-likeness (QED) is 0.0608. The van der Waals surface area contributed by atoms with E-state index in [0.29, 0.717) is 43.4 Å². The van der Waals surface area contributed by atoms with E-state index in [9.17, 15) is 29.7 Å². The lowest BCUT2D eigenvalue weighted by Crippen LogP contribution is -2.52. The summed E-state index contributed by atoms with van der Waals surface area (Å²) in [5.41, 5.74) is 0. The summed E-state index contributed by atoms with van der Waals surface area (Å²) in [5, 5.41) is 30.2. The molecular formula is C33H61NO6. The average Bonchev–Trinajstić information content (AvgIpc) is 2.92. The van der Waals surface area contributed by atoms with Crippen molar-refractivity contribution in [2.24, 2.45) is 17.8 Å². The summed E-state index contributed by atoms with van der Waals surface area (Å²) in [6.07, 6.45) is 23.5. The van der Waals surface area contributed by atoms with Crippen LogP contribution >= 0.6 is 0 Å². The Kier molecular flexibility index (Phi) is 22.7. The van der Waals surface area contributed by atoms with Crippen molar-refractivity contribution in [3.8, 4) is 0 Å². The van der Waals surface area contributed by atoms with Gasteiger partial charge in [0, 0.05) is 37.6 Å². The van der Waals surface area contributed by atoms with E-state index in [0.717, 1.165) is 25.8 Å². The number of carboxylic acid groups (broad SMARTS) is 3. The molecule has 0 rings (SSSR count). The van der Waals surface area contributed by atoms with Crippen LogP contribution in [0.2, 0.25) is 0 Å². The number of carbonyl (C=O) groups excluding carboxylic acids is 1. The van der Waals surface area contributed by atoms with Crippen LogP contribution in [0.1, 0.15) is 137 Å². The van der Waals surface area contributed by atoms with Gasteiger partial charge in [-0.3, -0.25) is 9.59 Å². The van der Waals surface area contributed by atoms with Crippen LogP contribution in [-0.4, -0.2) is 58.8 Å². The molecule has 7 nitrogen and oxygen atoms in total. The molecule has 0 aromatic heterocycles. The maximum absolute atomic E-state index is 11.5. The molecular weight excluding hydrogens is 506 g/mol. The average molecular weight is 568 g/mol. The minimum atomic E-state index is -1.08. The topological polar surface area (TPSA) is 115 Å². The lowest BCUT2D eigenvalue weighted by molar-refractivity contribution is -0.929. The number of rotatable bonds is 28. The maximum Gasteiger partial charge on any atom is 0.306 e. The highest BCUT2D eigenvalue weighted by Crippen LogP contribution is 2.21. The first-order valence-corrected chi connectivity index (χ1v) is 16.2. The summed E-state index contributed by atoms with van der Waals surface area (Å²) in [7, 11) is 0. The fourth-order valence-corrected chi connectivity index (χ4v) is 5.14. The van der Waals surface area contributed by atoms with Crippen molar-refractivity contribution >= 4 is 17.9 Å². The molecule has 0 radical (unpaired) electrons. The zero-order chi connectivity index (χ0) is 30.2. The van der Waals surface area contributed by atoms with E-state index in [4.69, 9.17) is 0 Å². The fraction of sp³-hybridized carbons (Fsp3) is 0.848. The van der Waals surface area contributed by atoms with Gasteiger partial charge in [-0.15, -0.1) is 0 Å². The number of nitrogens with zero attached hydrogens (tertiary/aromatic N) is 1. The summed E-state index contributed by atoms with van der Waals surface area (Å²) in [6, 6.07) is 0. The molecule has 0 heterocycles. The minimum Gasteiger partial charge on any atom is -0.550 e. The van der Waals surface area contributed by atoms with Gasteiger partial charge in [-0.1, -0.05) is 104 Å². The highest BCUT2D eigenvalue weighted by atomic mass is 16.4. The van der Waals surface area contributed by atoms with Gasteiger partial charge in [0.2, 0.25) is 0 Å². The first kappa shape index (κ1) is 38.1. The highest BCUT2D eigenvalue weighted by Gasteiger charge is 2.30. The van der Waals surface area contributed by atoms with E-state index in [-0.39, 0.29) is 0 Å². The van der Waals surface area contributed by atoms with Crippen LogP contribution in [0.4, 0.5) is 0 Å². The van der Waals surface area contributed by atoms with Crippen LogP contribution in [0, 0.1) is 17.8 Å². The molecule has 3 atom stereocenters. The molecule has 0 aromatic rings. The molecule has 0 fully saturated rings. The summed E-state index contributed by atoms with van der Waals surface area (Å²) in [5.74, 6) is -4.37. The maximum atomic E-state index is 11.5. The number of hydrogen-bond acceptors (Lipinski definition) is 4. The zero-order valence-corrected chi connectivity index (χ0v) is 26.2. The first-order valence-electron chi connectivity index (χ1n) is 16.2. The van der Waals surface area contributed by atoms with E-state index in [1.807, 2.05) is 0 Å². The van der Waals surface area contributed by atoms with Crippen LogP contribution in [0.15, 0.2) is 12.2 Å². The van der Waals surface area contributed by atoms with Crippen molar-refractivity contribution in [1.82, 2.24) is 0 Å². The molecule has 0 aromatic carbocycles. The van der Waals surface area contributed by atoms with Gasteiger partial charge >= 0.3 is 11.9 Å². The molecule has 0 saturated carbocycles. The van der Waals surface area contributed by atoms with Crippen LogP contribution in [0.3, 0.4) is 0 Å². The second-order valence-electron chi connectivity index (χ2n) is 12.2. The van der Waals surface area contributed by atoms with E-state index >= 15 is 0 Å². The lowest BCUT2D eigenvalue weighted by atomic mass is 10.0. The van der Waals surface area contributed by atoms with Crippen molar-refractivity contribution in [2.45, 2.75) is 137 Å². The Morgan fingerprint density at radius 3 is 1.38 bits per heavy atom. The van der Waals surface area contributed by atoms with Crippen molar-refractivity contribution in [3.63, 3.8) is 0 Å². The SMILES string of the molecule is CCCCCCCCCCCCC/C=C/CCC[N+](CCC(C)C(=O)[O-])(CCC(C)C(=O)O)CCC(C)C(=O)O. The first-order chi connectivity index (χ1) is 19.0. The molecule has 234 valence electrons. The Labute approximate surface area is 245 Å². The zero-order valence-electron chi connectivity index (χ0n) is 26.2. The van der Waals surface area contributed by atoms with Gasteiger partial charge < -0.3 is 24.6 Å². The predicted molar refractivity (Wildman–Crippen MR) is 161 cm³/mol. The standard InChI is InChI=1S/C33H61NO6/c1-5-6-7-8-9-10-11-12-13-14-15-16-17-18-19-20-24-34(25-21-28(2)31(35)36,26-22-29(3)32(37)38)27-23-30(4)33(39)40/h17-18,28-30H,5-16,19-27H2,1-4H3,(H2-,35,36,37,38,39,40)/b18-17+. The molecule has 0 amide bonds. The summed E-state index contributed by atoms with van der Waals surface area (Å²) >= 11 is 0. The van der Waals surface area contributed by atoms with Gasteiger partial charge in [0.05, 0.1) is 38.0 Å². The smallest absolute Gasteiger partial charge is 0.306 e.